The number of rotatable bonds is 3. The Hall–Kier alpha value is -2.23. The van der Waals surface area contributed by atoms with Crippen molar-refractivity contribution in [1.82, 2.24) is 0 Å². The van der Waals surface area contributed by atoms with Gasteiger partial charge in [0.05, 0.1) is 20.5 Å². The normalized spacial score (nSPS) is 10.2. The van der Waals surface area contributed by atoms with Crippen LogP contribution in [-0.4, -0.2) is 20.2 Å². The SMILES string of the molecule is COC(=O)c1occc1-c1ccc(OC)c(C)c1. The van der Waals surface area contributed by atoms with Crippen LogP contribution in [0.2, 0.25) is 0 Å². The lowest BCUT2D eigenvalue weighted by atomic mass is 10.0. The second-order valence-corrected chi connectivity index (χ2v) is 3.84. The van der Waals surface area contributed by atoms with E-state index in [0.717, 1.165) is 16.9 Å². The maximum Gasteiger partial charge on any atom is 0.374 e. The topological polar surface area (TPSA) is 48.7 Å². The molecule has 0 saturated heterocycles. The van der Waals surface area contributed by atoms with Crippen molar-refractivity contribution in [2.45, 2.75) is 6.92 Å². The standard InChI is InChI=1S/C14H14O4/c1-9-8-10(4-5-12(9)16-2)11-6-7-18-13(11)14(15)17-3/h4-8H,1-3H3. The molecule has 0 unspecified atom stereocenters. The first kappa shape index (κ1) is 12.2. The number of carbonyl (C=O) groups excluding carboxylic acids is 1. The molecule has 1 aromatic heterocycles. The summed E-state index contributed by atoms with van der Waals surface area (Å²) < 4.78 is 15.0. The van der Waals surface area contributed by atoms with E-state index < -0.39 is 5.97 Å². The molecule has 0 aliphatic heterocycles. The molecule has 18 heavy (non-hydrogen) atoms. The van der Waals surface area contributed by atoms with Crippen LogP contribution < -0.4 is 4.74 Å². The van der Waals surface area contributed by atoms with Gasteiger partial charge in [-0.25, -0.2) is 4.79 Å². The minimum absolute atomic E-state index is 0.210. The number of carbonyl (C=O) groups is 1. The number of methoxy groups -OCH3 is 2. The van der Waals surface area contributed by atoms with Gasteiger partial charge in [-0.3, -0.25) is 0 Å². The first-order chi connectivity index (χ1) is 8.67. The summed E-state index contributed by atoms with van der Waals surface area (Å²) in [7, 11) is 2.95. The molecule has 94 valence electrons. The lowest BCUT2D eigenvalue weighted by molar-refractivity contribution is 0.0566. The molecule has 4 heteroatoms. The molecule has 0 aliphatic carbocycles. The van der Waals surface area contributed by atoms with Crippen LogP contribution in [0.3, 0.4) is 0 Å². The fourth-order valence-corrected chi connectivity index (χ4v) is 1.83. The summed E-state index contributed by atoms with van der Waals surface area (Å²) in [6.07, 6.45) is 1.47. The minimum atomic E-state index is -0.483. The minimum Gasteiger partial charge on any atom is -0.496 e. The van der Waals surface area contributed by atoms with Gasteiger partial charge < -0.3 is 13.9 Å². The van der Waals surface area contributed by atoms with Crippen LogP contribution in [0.25, 0.3) is 11.1 Å². The molecule has 0 fully saturated rings. The summed E-state index contributed by atoms with van der Waals surface area (Å²) in [4.78, 5) is 11.5. The zero-order valence-corrected chi connectivity index (χ0v) is 10.5. The van der Waals surface area contributed by atoms with Gasteiger partial charge in [0.2, 0.25) is 5.76 Å². The number of esters is 1. The van der Waals surface area contributed by atoms with Crippen molar-refractivity contribution in [2.75, 3.05) is 14.2 Å². The van der Waals surface area contributed by atoms with Gasteiger partial charge >= 0.3 is 5.97 Å². The maximum atomic E-state index is 11.5. The Morgan fingerprint density at radius 2 is 2.00 bits per heavy atom. The molecule has 1 aromatic carbocycles. The summed E-state index contributed by atoms with van der Waals surface area (Å²) >= 11 is 0. The van der Waals surface area contributed by atoms with E-state index in [2.05, 4.69) is 4.74 Å². The van der Waals surface area contributed by atoms with Gasteiger partial charge in [-0.2, -0.15) is 0 Å². The van der Waals surface area contributed by atoms with Gasteiger partial charge in [-0.05, 0) is 36.2 Å². The lowest BCUT2D eigenvalue weighted by Gasteiger charge is -2.07. The summed E-state index contributed by atoms with van der Waals surface area (Å²) in [5.41, 5.74) is 2.60. The zero-order chi connectivity index (χ0) is 13.1. The van der Waals surface area contributed by atoms with E-state index in [0.29, 0.717) is 5.56 Å². The molecule has 0 aliphatic rings. The van der Waals surface area contributed by atoms with Crippen molar-refractivity contribution >= 4 is 5.97 Å². The largest absolute Gasteiger partial charge is 0.496 e. The van der Waals surface area contributed by atoms with E-state index in [4.69, 9.17) is 9.15 Å². The van der Waals surface area contributed by atoms with Gasteiger partial charge in [0.1, 0.15) is 5.75 Å². The summed E-state index contributed by atoms with van der Waals surface area (Å²) in [6, 6.07) is 7.42. The van der Waals surface area contributed by atoms with E-state index in [1.165, 1.54) is 13.4 Å². The van der Waals surface area contributed by atoms with Gasteiger partial charge in [0.25, 0.3) is 0 Å². The molecule has 0 amide bonds. The maximum absolute atomic E-state index is 11.5. The number of hydrogen-bond donors (Lipinski definition) is 0. The lowest BCUT2D eigenvalue weighted by Crippen LogP contribution is -2.01. The van der Waals surface area contributed by atoms with Crippen LogP contribution in [0, 0.1) is 6.92 Å². The third-order valence-corrected chi connectivity index (χ3v) is 2.74. The summed E-state index contributed by atoms with van der Waals surface area (Å²) in [5.74, 6) is 0.535. The van der Waals surface area contributed by atoms with Crippen molar-refractivity contribution in [3.63, 3.8) is 0 Å². The van der Waals surface area contributed by atoms with Gasteiger partial charge in [0, 0.05) is 5.56 Å². The molecule has 4 nitrogen and oxygen atoms in total. The van der Waals surface area contributed by atoms with Gasteiger partial charge in [-0.15, -0.1) is 0 Å². The summed E-state index contributed by atoms with van der Waals surface area (Å²) in [6.45, 7) is 1.94. The zero-order valence-electron chi connectivity index (χ0n) is 10.5. The fraction of sp³-hybridized carbons (Fsp3) is 0.214. The van der Waals surface area contributed by atoms with Crippen LogP contribution in [0.1, 0.15) is 16.1 Å². The second-order valence-electron chi connectivity index (χ2n) is 3.84. The monoisotopic (exact) mass is 246 g/mol. The molecule has 0 spiro atoms. The van der Waals surface area contributed by atoms with Crippen LogP contribution in [0.15, 0.2) is 34.9 Å². The van der Waals surface area contributed by atoms with Crippen molar-refractivity contribution in [1.29, 1.82) is 0 Å². The number of furan rings is 1. The molecular weight excluding hydrogens is 232 g/mol. The number of aryl methyl sites for hydroxylation is 1. The Morgan fingerprint density at radius 1 is 1.22 bits per heavy atom. The van der Waals surface area contributed by atoms with Crippen molar-refractivity contribution < 1.29 is 18.7 Å². The average Bonchev–Trinajstić information content (AvgIpc) is 2.86. The Balaban J connectivity index is 2.46. The smallest absolute Gasteiger partial charge is 0.374 e. The molecule has 0 saturated carbocycles. The predicted molar refractivity (Wildman–Crippen MR) is 66.8 cm³/mol. The molecular formula is C14H14O4. The average molecular weight is 246 g/mol. The third kappa shape index (κ3) is 2.09. The van der Waals surface area contributed by atoms with E-state index in [9.17, 15) is 4.79 Å². The van der Waals surface area contributed by atoms with Crippen LogP contribution in [0.5, 0.6) is 5.75 Å². The molecule has 0 radical (unpaired) electrons. The first-order valence-electron chi connectivity index (χ1n) is 5.48. The van der Waals surface area contributed by atoms with E-state index >= 15 is 0 Å². The molecule has 0 bridgehead atoms. The quantitative estimate of drug-likeness (QED) is 0.781. The van der Waals surface area contributed by atoms with Gasteiger partial charge in [0.15, 0.2) is 0 Å². The highest BCUT2D eigenvalue weighted by atomic mass is 16.5. The number of hydrogen-bond acceptors (Lipinski definition) is 4. The van der Waals surface area contributed by atoms with E-state index in [1.807, 2.05) is 25.1 Å². The van der Waals surface area contributed by atoms with Crippen LogP contribution in [0.4, 0.5) is 0 Å². The highest BCUT2D eigenvalue weighted by Crippen LogP contribution is 2.29. The fourth-order valence-electron chi connectivity index (χ4n) is 1.83. The Morgan fingerprint density at radius 3 is 2.61 bits per heavy atom. The highest BCUT2D eigenvalue weighted by Gasteiger charge is 2.17. The number of benzene rings is 1. The van der Waals surface area contributed by atoms with E-state index in [-0.39, 0.29) is 5.76 Å². The van der Waals surface area contributed by atoms with Crippen LogP contribution in [-0.2, 0) is 4.74 Å². The molecule has 0 atom stereocenters. The molecule has 0 N–H and O–H groups in total. The van der Waals surface area contributed by atoms with E-state index in [1.54, 1.807) is 13.2 Å². The van der Waals surface area contributed by atoms with Crippen molar-refractivity contribution in [3.05, 3.63) is 41.9 Å². The Labute approximate surface area is 105 Å². The second kappa shape index (κ2) is 4.96. The molecule has 1 heterocycles. The molecule has 2 rings (SSSR count). The third-order valence-electron chi connectivity index (χ3n) is 2.74. The number of ether oxygens (including phenoxy) is 2. The Kier molecular flexibility index (Phi) is 3.37. The predicted octanol–water partition coefficient (Wildman–Crippen LogP) is 3.05. The van der Waals surface area contributed by atoms with Crippen LogP contribution >= 0.6 is 0 Å². The molecule has 2 aromatic rings. The van der Waals surface area contributed by atoms with Crippen molar-refractivity contribution in [2.24, 2.45) is 0 Å². The first-order valence-corrected chi connectivity index (χ1v) is 5.48. The van der Waals surface area contributed by atoms with Gasteiger partial charge in [-0.1, -0.05) is 6.07 Å². The van der Waals surface area contributed by atoms with Crippen molar-refractivity contribution in [3.8, 4) is 16.9 Å². The Bertz CT molecular complexity index is 569. The summed E-state index contributed by atoms with van der Waals surface area (Å²) in [5, 5.41) is 0. The highest BCUT2D eigenvalue weighted by molar-refractivity contribution is 5.94.